The molecule has 1 amide bonds. The first kappa shape index (κ1) is 15.1. The first-order valence-corrected chi connectivity index (χ1v) is 7.98. The van der Waals surface area contributed by atoms with E-state index in [1.165, 1.54) is 0 Å². The van der Waals surface area contributed by atoms with Crippen molar-refractivity contribution in [3.8, 4) is 11.1 Å². The van der Waals surface area contributed by atoms with Gasteiger partial charge in [-0.3, -0.25) is 4.79 Å². The molecule has 2 aromatic carbocycles. The van der Waals surface area contributed by atoms with Crippen LogP contribution in [-0.2, 0) is 0 Å². The molecule has 0 bridgehead atoms. The van der Waals surface area contributed by atoms with E-state index in [1.807, 2.05) is 53.4 Å². The summed E-state index contributed by atoms with van der Waals surface area (Å²) in [6.07, 6.45) is 0.995. The SMILES string of the molecule is O=C(c1ccccc1-c1ccc(Cl)cc1)N1CCCNCC1. The van der Waals surface area contributed by atoms with Gasteiger partial charge in [0.1, 0.15) is 0 Å². The summed E-state index contributed by atoms with van der Waals surface area (Å²) < 4.78 is 0. The average Bonchev–Trinajstić information content (AvgIpc) is 2.84. The van der Waals surface area contributed by atoms with Gasteiger partial charge in [-0.2, -0.15) is 0 Å². The summed E-state index contributed by atoms with van der Waals surface area (Å²) in [7, 11) is 0. The molecule has 1 heterocycles. The third-order valence-electron chi connectivity index (χ3n) is 3.94. The maximum atomic E-state index is 12.9. The molecule has 2 aromatic rings. The van der Waals surface area contributed by atoms with Gasteiger partial charge in [0.25, 0.3) is 5.91 Å². The molecule has 0 aromatic heterocycles. The number of hydrogen-bond acceptors (Lipinski definition) is 2. The van der Waals surface area contributed by atoms with Crippen LogP contribution in [0.2, 0.25) is 5.02 Å². The standard InChI is InChI=1S/C18H19ClN2O/c19-15-8-6-14(7-9-15)16-4-1-2-5-17(16)18(22)21-12-3-10-20-11-13-21/h1-2,4-9,20H,3,10-13H2. The van der Waals surface area contributed by atoms with Crippen molar-refractivity contribution < 1.29 is 4.79 Å². The molecule has 1 aliphatic heterocycles. The number of amides is 1. The van der Waals surface area contributed by atoms with Crippen molar-refractivity contribution in [2.45, 2.75) is 6.42 Å². The molecular formula is C18H19ClN2O. The lowest BCUT2D eigenvalue weighted by atomic mass is 9.99. The van der Waals surface area contributed by atoms with Crippen molar-refractivity contribution >= 4 is 17.5 Å². The topological polar surface area (TPSA) is 32.3 Å². The Morgan fingerprint density at radius 2 is 1.77 bits per heavy atom. The quantitative estimate of drug-likeness (QED) is 0.921. The Kier molecular flexibility index (Phi) is 4.76. The Labute approximate surface area is 135 Å². The fraction of sp³-hybridized carbons (Fsp3) is 0.278. The third kappa shape index (κ3) is 3.32. The summed E-state index contributed by atoms with van der Waals surface area (Å²) in [4.78, 5) is 14.8. The summed E-state index contributed by atoms with van der Waals surface area (Å²) in [5.74, 6) is 0.106. The minimum Gasteiger partial charge on any atom is -0.337 e. The summed E-state index contributed by atoms with van der Waals surface area (Å²) in [5.41, 5.74) is 2.73. The zero-order valence-electron chi connectivity index (χ0n) is 12.4. The number of hydrogen-bond donors (Lipinski definition) is 1. The summed E-state index contributed by atoms with van der Waals surface area (Å²) >= 11 is 5.96. The zero-order valence-corrected chi connectivity index (χ0v) is 13.1. The monoisotopic (exact) mass is 314 g/mol. The first-order valence-electron chi connectivity index (χ1n) is 7.60. The lowest BCUT2D eigenvalue weighted by molar-refractivity contribution is 0.0767. The van der Waals surface area contributed by atoms with Crippen LogP contribution in [0.5, 0.6) is 0 Å². The number of nitrogens with one attached hydrogen (secondary N) is 1. The number of benzene rings is 2. The summed E-state index contributed by atoms with van der Waals surface area (Å²) in [6.45, 7) is 3.39. The second-order valence-electron chi connectivity index (χ2n) is 5.45. The van der Waals surface area contributed by atoms with Crippen molar-refractivity contribution in [2.24, 2.45) is 0 Å². The molecule has 1 aliphatic rings. The van der Waals surface area contributed by atoms with Gasteiger partial charge >= 0.3 is 0 Å². The number of halogens is 1. The second-order valence-corrected chi connectivity index (χ2v) is 5.88. The van der Waals surface area contributed by atoms with E-state index in [-0.39, 0.29) is 5.91 Å². The number of carbonyl (C=O) groups excluding carboxylic acids is 1. The highest BCUT2D eigenvalue weighted by molar-refractivity contribution is 6.30. The molecule has 0 spiro atoms. The molecule has 0 unspecified atom stereocenters. The highest BCUT2D eigenvalue weighted by atomic mass is 35.5. The minimum absolute atomic E-state index is 0.106. The van der Waals surface area contributed by atoms with Crippen LogP contribution in [0.1, 0.15) is 16.8 Å². The highest BCUT2D eigenvalue weighted by Gasteiger charge is 2.20. The highest BCUT2D eigenvalue weighted by Crippen LogP contribution is 2.26. The van der Waals surface area contributed by atoms with Crippen LogP contribution in [0.15, 0.2) is 48.5 Å². The van der Waals surface area contributed by atoms with Crippen molar-refractivity contribution in [2.75, 3.05) is 26.2 Å². The normalized spacial score (nSPS) is 15.4. The Hall–Kier alpha value is -1.84. The molecule has 1 N–H and O–H groups in total. The summed E-state index contributed by atoms with van der Waals surface area (Å²) in [5, 5.41) is 4.03. The molecule has 3 nitrogen and oxygen atoms in total. The Morgan fingerprint density at radius 1 is 1.00 bits per heavy atom. The number of rotatable bonds is 2. The molecular weight excluding hydrogens is 296 g/mol. The Balaban J connectivity index is 1.93. The van der Waals surface area contributed by atoms with Gasteiger partial charge in [0, 0.05) is 30.2 Å². The molecule has 22 heavy (non-hydrogen) atoms. The predicted molar refractivity (Wildman–Crippen MR) is 90.3 cm³/mol. The van der Waals surface area contributed by atoms with E-state index >= 15 is 0 Å². The summed E-state index contributed by atoms with van der Waals surface area (Å²) in [6, 6.07) is 15.4. The van der Waals surface area contributed by atoms with Crippen molar-refractivity contribution in [1.29, 1.82) is 0 Å². The molecule has 0 radical (unpaired) electrons. The molecule has 1 fully saturated rings. The maximum absolute atomic E-state index is 12.9. The van der Waals surface area contributed by atoms with Gasteiger partial charge in [-0.1, -0.05) is 41.9 Å². The smallest absolute Gasteiger partial charge is 0.254 e. The van der Waals surface area contributed by atoms with Crippen molar-refractivity contribution in [3.05, 3.63) is 59.1 Å². The van der Waals surface area contributed by atoms with Crippen LogP contribution in [0.3, 0.4) is 0 Å². The largest absolute Gasteiger partial charge is 0.337 e. The van der Waals surface area contributed by atoms with E-state index in [1.54, 1.807) is 0 Å². The van der Waals surface area contributed by atoms with Crippen LogP contribution in [0, 0.1) is 0 Å². The van der Waals surface area contributed by atoms with Gasteiger partial charge < -0.3 is 10.2 Å². The average molecular weight is 315 g/mol. The van der Waals surface area contributed by atoms with E-state index < -0.39 is 0 Å². The number of carbonyl (C=O) groups is 1. The van der Waals surface area contributed by atoms with E-state index in [2.05, 4.69) is 5.32 Å². The minimum atomic E-state index is 0.106. The van der Waals surface area contributed by atoms with E-state index in [4.69, 9.17) is 11.6 Å². The van der Waals surface area contributed by atoms with Gasteiger partial charge in [-0.05, 0) is 42.3 Å². The molecule has 0 aliphatic carbocycles. The van der Waals surface area contributed by atoms with Crippen LogP contribution < -0.4 is 5.32 Å². The third-order valence-corrected chi connectivity index (χ3v) is 4.19. The molecule has 3 rings (SSSR count). The van der Waals surface area contributed by atoms with Crippen LogP contribution in [0.4, 0.5) is 0 Å². The van der Waals surface area contributed by atoms with E-state index in [9.17, 15) is 4.79 Å². The van der Waals surface area contributed by atoms with Gasteiger partial charge in [0.2, 0.25) is 0 Å². The molecule has 0 saturated carbocycles. The van der Waals surface area contributed by atoms with Gasteiger partial charge in [-0.15, -0.1) is 0 Å². The number of nitrogens with zero attached hydrogens (tertiary/aromatic N) is 1. The maximum Gasteiger partial charge on any atom is 0.254 e. The fourth-order valence-electron chi connectivity index (χ4n) is 2.77. The fourth-order valence-corrected chi connectivity index (χ4v) is 2.90. The molecule has 114 valence electrons. The van der Waals surface area contributed by atoms with Gasteiger partial charge in [0.15, 0.2) is 0 Å². The second kappa shape index (κ2) is 6.95. The van der Waals surface area contributed by atoms with Gasteiger partial charge in [0.05, 0.1) is 0 Å². The Bertz CT molecular complexity index is 646. The predicted octanol–water partition coefficient (Wildman–Crippen LogP) is 3.44. The van der Waals surface area contributed by atoms with E-state index in [0.717, 1.165) is 49.3 Å². The zero-order chi connectivity index (χ0) is 15.4. The van der Waals surface area contributed by atoms with Crippen LogP contribution >= 0.6 is 11.6 Å². The van der Waals surface area contributed by atoms with Crippen molar-refractivity contribution in [3.63, 3.8) is 0 Å². The van der Waals surface area contributed by atoms with Gasteiger partial charge in [-0.25, -0.2) is 0 Å². The molecule has 0 atom stereocenters. The van der Waals surface area contributed by atoms with Crippen LogP contribution in [-0.4, -0.2) is 37.0 Å². The van der Waals surface area contributed by atoms with Crippen LogP contribution in [0.25, 0.3) is 11.1 Å². The Morgan fingerprint density at radius 3 is 2.59 bits per heavy atom. The first-order chi connectivity index (χ1) is 10.8. The lowest BCUT2D eigenvalue weighted by Crippen LogP contribution is -2.34. The molecule has 1 saturated heterocycles. The lowest BCUT2D eigenvalue weighted by Gasteiger charge is -2.21. The van der Waals surface area contributed by atoms with E-state index in [0.29, 0.717) is 5.02 Å². The molecule has 4 heteroatoms. The van der Waals surface area contributed by atoms with Crippen molar-refractivity contribution in [1.82, 2.24) is 10.2 Å².